The van der Waals surface area contributed by atoms with Gasteiger partial charge in [0.25, 0.3) is 0 Å². The fourth-order valence-electron chi connectivity index (χ4n) is 1.40. The second-order valence-corrected chi connectivity index (χ2v) is 4.09. The summed E-state index contributed by atoms with van der Waals surface area (Å²) in [6.45, 7) is 1.06. The Labute approximate surface area is 102 Å². The van der Waals surface area contributed by atoms with Crippen LogP contribution in [0.5, 0.6) is 0 Å². The summed E-state index contributed by atoms with van der Waals surface area (Å²) in [5.41, 5.74) is 0.364. The van der Waals surface area contributed by atoms with Crippen molar-refractivity contribution in [1.29, 1.82) is 0 Å². The Hall–Kier alpha value is -0.910. The fourth-order valence-corrected chi connectivity index (χ4v) is 1.75. The molecule has 0 aliphatic carbocycles. The van der Waals surface area contributed by atoms with Crippen molar-refractivity contribution < 1.29 is 9.53 Å². The normalized spacial score (nSPS) is 19.8. The van der Waals surface area contributed by atoms with E-state index in [9.17, 15) is 4.79 Å². The maximum absolute atomic E-state index is 11.7. The van der Waals surface area contributed by atoms with Crippen LogP contribution in [0.3, 0.4) is 0 Å². The quantitative estimate of drug-likeness (QED) is 0.651. The molecule has 0 radical (unpaired) electrons. The third-order valence-electron chi connectivity index (χ3n) is 2.27. The molecule has 0 spiro atoms. The van der Waals surface area contributed by atoms with Gasteiger partial charge in [-0.3, -0.25) is 4.79 Å². The van der Waals surface area contributed by atoms with Crippen LogP contribution in [0.25, 0.3) is 0 Å². The highest BCUT2D eigenvalue weighted by Crippen LogP contribution is 2.21. The lowest BCUT2D eigenvalue weighted by Gasteiger charge is -2.09. The number of nitrogens with one attached hydrogen (secondary N) is 1. The first-order valence-corrected chi connectivity index (χ1v) is 5.49. The molecule has 1 atom stereocenters. The zero-order chi connectivity index (χ0) is 11.5. The van der Waals surface area contributed by atoms with Gasteiger partial charge in [-0.15, -0.1) is 0 Å². The van der Waals surface area contributed by atoms with Gasteiger partial charge in [-0.05, 0) is 18.0 Å². The van der Waals surface area contributed by atoms with E-state index in [1.165, 1.54) is 6.20 Å². The summed E-state index contributed by atoms with van der Waals surface area (Å²) in [5, 5.41) is 2.82. The molecule has 0 saturated carbocycles. The summed E-state index contributed by atoms with van der Waals surface area (Å²) in [6.07, 6.45) is 2.10. The highest BCUT2D eigenvalue weighted by Gasteiger charge is 2.24. The van der Waals surface area contributed by atoms with Crippen molar-refractivity contribution in [3.63, 3.8) is 0 Å². The van der Waals surface area contributed by atoms with Crippen molar-refractivity contribution in [2.75, 3.05) is 18.5 Å². The first-order chi connectivity index (χ1) is 7.66. The SMILES string of the molecule is O=C(Nc1cnc(Cl)nc1Cl)C1CCOC1. The van der Waals surface area contributed by atoms with Crippen LogP contribution in [0.2, 0.25) is 10.4 Å². The van der Waals surface area contributed by atoms with Gasteiger partial charge in [0, 0.05) is 6.61 Å². The number of hydrogen-bond donors (Lipinski definition) is 1. The molecule has 1 aliphatic heterocycles. The summed E-state index contributed by atoms with van der Waals surface area (Å²) in [4.78, 5) is 19.2. The predicted octanol–water partition coefficient (Wildman–Crippen LogP) is 1.76. The number of carbonyl (C=O) groups excluding carboxylic acids is 1. The molecule has 1 aromatic rings. The van der Waals surface area contributed by atoms with Crippen LogP contribution in [0.1, 0.15) is 6.42 Å². The molecule has 1 amide bonds. The van der Waals surface area contributed by atoms with E-state index in [1.807, 2.05) is 0 Å². The van der Waals surface area contributed by atoms with Crippen LogP contribution in [0.4, 0.5) is 5.69 Å². The number of rotatable bonds is 2. The fraction of sp³-hybridized carbons (Fsp3) is 0.444. The molecule has 16 heavy (non-hydrogen) atoms. The van der Waals surface area contributed by atoms with Crippen LogP contribution in [0, 0.1) is 5.92 Å². The van der Waals surface area contributed by atoms with Crippen molar-refractivity contribution in [3.8, 4) is 0 Å². The number of hydrogen-bond acceptors (Lipinski definition) is 4. The van der Waals surface area contributed by atoms with E-state index in [2.05, 4.69) is 15.3 Å². The first-order valence-electron chi connectivity index (χ1n) is 4.73. The van der Waals surface area contributed by atoms with Crippen molar-refractivity contribution in [1.82, 2.24) is 9.97 Å². The molecule has 1 aliphatic rings. The number of carbonyl (C=O) groups is 1. The highest BCUT2D eigenvalue weighted by molar-refractivity contribution is 6.34. The molecule has 5 nitrogen and oxygen atoms in total. The molecule has 0 aromatic carbocycles. The summed E-state index contributed by atoms with van der Waals surface area (Å²) in [5.74, 6) is -0.267. The van der Waals surface area contributed by atoms with Gasteiger partial charge in [-0.1, -0.05) is 11.6 Å². The lowest BCUT2D eigenvalue weighted by Crippen LogP contribution is -2.23. The monoisotopic (exact) mass is 261 g/mol. The zero-order valence-electron chi connectivity index (χ0n) is 8.24. The lowest BCUT2D eigenvalue weighted by molar-refractivity contribution is -0.119. The smallest absolute Gasteiger partial charge is 0.230 e. The number of nitrogens with zero attached hydrogens (tertiary/aromatic N) is 2. The van der Waals surface area contributed by atoms with Crippen LogP contribution in [0.15, 0.2) is 6.20 Å². The highest BCUT2D eigenvalue weighted by atomic mass is 35.5. The molecule has 0 bridgehead atoms. The molecule has 86 valence electrons. The summed E-state index contributed by atoms with van der Waals surface area (Å²) >= 11 is 11.3. The van der Waals surface area contributed by atoms with E-state index in [4.69, 9.17) is 27.9 Å². The number of amides is 1. The van der Waals surface area contributed by atoms with Crippen molar-refractivity contribution >= 4 is 34.8 Å². The Balaban J connectivity index is 2.05. The van der Waals surface area contributed by atoms with Gasteiger partial charge in [0.05, 0.1) is 24.4 Å². The predicted molar refractivity (Wildman–Crippen MR) is 59.6 cm³/mol. The molecular formula is C9H9Cl2N3O2. The van der Waals surface area contributed by atoms with E-state index in [1.54, 1.807) is 0 Å². The second kappa shape index (κ2) is 4.95. The van der Waals surface area contributed by atoms with Gasteiger partial charge in [0.1, 0.15) is 0 Å². The maximum Gasteiger partial charge on any atom is 0.230 e. The number of anilines is 1. The molecule has 1 saturated heterocycles. The molecule has 1 N–H and O–H groups in total. The van der Waals surface area contributed by atoms with Crippen LogP contribution in [-0.4, -0.2) is 29.1 Å². The van der Waals surface area contributed by atoms with Crippen LogP contribution >= 0.6 is 23.2 Å². The summed E-state index contributed by atoms with van der Waals surface area (Å²) in [6, 6.07) is 0. The molecule has 1 unspecified atom stereocenters. The van der Waals surface area contributed by atoms with Crippen LogP contribution < -0.4 is 5.32 Å². The van der Waals surface area contributed by atoms with Gasteiger partial charge >= 0.3 is 0 Å². The Bertz CT molecular complexity index is 408. The average molecular weight is 262 g/mol. The third kappa shape index (κ3) is 2.61. The number of halogens is 2. The topological polar surface area (TPSA) is 64.1 Å². The maximum atomic E-state index is 11.7. The molecule has 7 heteroatoms. The molecule has 2 heterocycles. The summed E-state index contributed by atoms with van der Waals surface area (Å²) < 4.78 is 5.12. The second-order valence-electron chi connectivity index (χ2n) is 3.39. The van der Waals surface area contributed by atoms with E-state index >= 15 is 0 Å². The van der Waals surface area contributed by atoms with E-state index < -0.39 is 0 Å². The number of ether oxygens (including phenoxy) is 1. The van der Waals surface area contributed by atoms with E-state index in [0.29, 0.717) is 18.9 Å². The van der Waals surface area contributed by atoms with Crippen LogP contribution in [-0.2, 0) is 9.53 Å². The van der Waals surface area contributed by atoms with E-state index in [0.717, 1.165) is 6.42 Å². The van der Waals surface area contributed by atoms with Crippen molar-refractivity contribution in [2.45, 2.75) is 6.42 Å². The molecule has 2 rings (SSSR count). The lowest BCUT2D eigenvalue weighted by atomic mass is 10.1. The Morgan fingerprint density at radius 1 is 1.56 bits per heavy atom. The van der Waals surface area contributed by atoms with Gasteiger partial charge in [0.15, 0.2) is 5.15 Å². The minimum atomic E-state index is -0.134. The zero-order valence-corrected chi connectivity index (χ0v) is 9.75. The minimum Gasteiger partial charge on any atom is -0.381 e. The molecular weight excluding hydrogens is 253 g/mol. The standard InChI is InChI=1S/C9H9Cl2N3O2/c10-7-6(3-12-9(11)14-7)13-8(15)5-1-2-16-4-5/h3,5H,1-2,4H2,(H,13,15). The average Bonchev–Trinajstić information content (AvgIpc) is 2.75. The largest absolute Gasteiger partial charge is 0.381 e. The summed E-state index contributed by atoms with van der Waals surface area (Å²) in [7, 11) is 0. The van der Waals surface area contributed by atoms with Gasteiger partial charge in [0.2, 0.25) is 11.2 Å². The molecule has 1 fully saturated rings. The Morgan fingerprint density at radius 2 is 2.38 bits per heavy atom. The van der Waals surface area contributed by atoms with E-state index in [-0.39, 0.29) is 22.3 Å². The Kier molecular flexibility index (Phi) is 3.58. The van der Waals surface area contributed by atoms with Gasteiger partial charge in [-0.25, -0.2) is 9.97 Å². The van der Waals surface area contributed by atoms with Crippen molar-refractivity contribution in [2.24, 2.45) is 5.92 Å². The Morgan fingerprint density at radius 3 is 3.00 bits per heavy atom. The minimum absolute atomic E-state index is 0.0483. The first kappa shape index (κ1) is 11.6. The van der Waals surface area contributed by atoms with Gasteiger partial charge < -0.3 is 10.1 Å². The number of aromatic nitrogens is 2. The van der Waals surface area contributed by atoms with Crippen molar-refractivity contribution in [3.05, 3.63) is 16.6 Å². The van der Waals surface area contributed by atoms with Gasteiger partial charge in [-0.2, -0.15) is 0 Å². The molecule has 1 aromatic heterocycles. The third-order valence-corrected chi connectivity index (χ3v) is 2.74.